The van der Waals surface area contributed by atoms with E-state index in [-0.39, 0.29) is 12.5 Å². The lowest BCUT2D eigenvalue weighted by Crippen LogP contribution is -2.46. The average Bonchev–Trinajstić information content (AvgIpc) is 2.82. The number of amides is 3. The van der Waals surface area contributed by atoms with E-state index < -0.39 is 6.03 Å². The highest BCUT2D eigenvalue weighted by molar-refractivity contribution is 5.95. The lowest BCUT2D eigenvalue weighted by molar-refractivity contribution is -0.121. The number of nitrogens with one attached hydrogen (secondary N) is 3. The van der Waals surface area contributed by atoms with E-state index in [1.807, 2.05) is 11.9 Å². The number of urea groups is 1. The van der Waals surface area contributed by atoms with E-state index in [4.69, 9.17) is 0 Å². The molecule has 1 atom stereocenters. The number of rotatable bonds is 6. The van der Waals surface area contributed by atoms with Crippen molar-refractivity contribution in [1.82, 2.24) is 20.9 Å². The van der Waals surface area contributed by atoms with Crippen LogP contribution in [-0.4, -0.2) is 56.1 Å². The van der Waals surface area contributed by atoms with Gasteiger partial charge in [-0.3, -0.25) is 15.0 Å². The van der Waals surface area contributed by atoms with Crippen LogP contribution in [0.4, 0.5) is 4.79 Å². The minimum atomic E-state index is -0.397. The van der Waals surface area contributed by atoms with Gasteiger partial charge in [0, 0.05) is 19.1 Å². The normalized spacial score (nSPS) is 18.9. The SMILES string of the molecule is CCCCNC(=O)NC(=O)CN(C)C1CCNC1. The van der Waals surface area contributed by atoms with Crippen molar-refractivity contribution in [2.24, 2.45) is 0 Å². The second-order valence-electron chi connectivity index (χ2n) is 4.72. The van der Waals surface area contributed by atoms with Crippen molar-refractivity contribution in [3.8, 4) is 0 Å². The first-order valence-electron chi connectivity index (χ1n) is 6.62. The Labute approximate surface area is 108 Å². The third-order valence-electron chi connectivity index (χ3n) is 3.12. The quantitative estimate of drug-likeness (QED) is 0.581. The van der Waals surface area contributed by atoms with Crippen LogP contribution in [0.2, 0.25) is 0 Å². The summed E-state index contributed by atoms with van der Waals surface area (Å²) in [4.78, 5) is 25.0. The smallest absolute Gasteiger partial charge is 0.321 e. The number of carbonyl (C=O) groups is 2. The Morgan fingerprint density at radius 2 is 2.22 bits per heavy atom. The fourth-order valence-corrected chi connectivity index (χ4v) is 1.96. The summed E-state index contributed by atoms with van der Waals surface area (Å²) < 4.78 is 0. The predicted molar refractivity (Wildman–Crippen MR) is 70.4 cm³/mol. The van der Waals surface area contributed by atoms with E-state index in [9.17, 15) is 9.59 Å². The molecule has 0 aromatic carbocycles. The first-order valence-corrected chi connectivity index (χ1v) is 6.62. The zero-order valence-electron chi connectivity index (χ0n) is 11.3. The van der Waals surface area contributed by atoms with Crippen LogP contribution in [0.5, 0.6) is 0 Å². The fourth-order valence-electron chi connectivity index (χ4n) is 1.96. The maximum Gasteiger partial charge on any atom is 0.321 e. The van der Waals surface area contributed by atoms with Gasteiger partial charge in [-0.1, -0.05) is 13.3 Å². The predicted octanol–water partition coefficient (Wildman–Crippen LogP) is -0.0940. The number of carbonyl (C=O) groups excluding carboxylic acids is 2. The first-order chi connectivity index (χ1) is 8.63. The monoisotopic (exact) mass is 256 g/mol. The summed E-state index contributed by atoms with van der Waals surface area (Å²) in [5.41, 5.74) is 0. The van der Waals surface area contributed by atoms with E-state index in [1.165, 1.54) is 0 Å². The number of hydrogen-bond acceptors (Lipinski definition) is 4. The van der Waals surface area contributed by atoms with Gasteiger partial charge in [0.25, 0.3) is 0 Å². The Balaban J connectivity index is 2.17. The molecule has 1 aliphatic rings. The summed E-state index contributed by atoms with van der Waals surface area (Å²) in [6.07, 6.45) is 2.99. The van der Waals surface area contributed by atoms with Crippen LogP contribution in [0.15, 0.2) is 0 Å². The van der Waals surface area contributed by atoms with Crippen molar-refractivity contribution in [2.75, 3.05) is 33.2 Å². The molecule has 104 valence electrons. The highest BCUT2D eigenvalue weighted by atomic mass is 16.2. The molecule has 1 aliphatic heterocycles. The van der Waals surface area contributed by atoms with Gasteiger partial charge in [-0.05, 0) is 26.4 Å². The van der Waals surface area contributed by atoms with Crippen LogP contribution in [0.3, 0.4) is 0 Å². The second kappa shape index (κ2) is 8.05. The van der Waals surface area contributed by atoms with Crippen molar-refractivity contribution in [1.29, 1.82) is 0 Å². The highest BCUT2D eigenvalue weighted by Gasteiger charge is 2.21. The minimum absolute atomic E-state index is 0.251. The summed E-state index contributed by atoms with van der Waals surface area (Å²) in [6.45, 7) is 4.82. The van der Waals surface area contributed by atoms with Crippen LogP contribution in [0.25, 0.3) is 0 Å². The molecule has 0 aromatic heterocycles. The zero-order valence-corrected chi connectivity index (χ0v) is 11.3. The van der Waals surface area contributed by atoms with Crippen molar-refractivity contribution in [3.05, 3.63) is 0 Å². The molecule has 0 bridgehead atoms. The van der Waals surface area contributed by atoms with Crippen LogP contribution >= 0.6 is 0 Å². The Morgan fingerprint density at radius 1 is 1.44 bits per heavy atom. The van der Waals surface area contributed by atoms with Gasteiger partial charge < -0.3 is 10.6 Å². The molecule has 3 amide bonds. The van der Waals surface area contributed by atoms with Crippen LogP contribution in [0, 0.1) is 0 Å². The molecule has 18 heavy (non-hydrogen) atoms. The Hall–Kier alpha value is -1.14. The molecule has 1 unspecified atom stereocenters. The molecule has 6 heteroatoms. The minimum Gasteiger partial charge on any atom is -0.338 e. The average molecular weight is 256 g/mol. The van der Waals surface area contributed by atoms with Crippen LogP contribution < -0.4 is 16.0 Å². The van der Waals surface area contributed by atoms with Gasteiger partial charge in [0.2, 0.25) is 5.91 Å². The molecular weight excluding hydrogens is 232 g/mol. The molecule has 3 N–H and O–H groups in total. The number of imide groups is 1. The molecule has 6 nitrogen and oxygen atoms in total. The van der Waals surface area contributed by atoms with E-state index in [0.717, 1.165) is 32.4 Å². The standard InChI is InChI=1S/C12H24N4O2/c1-3-4-6-14-12(18)15-11(17)9-16(2)10-5-7-13-8-10/h10,13H,3-9H2,1-2H3,(H2,14,15,17,18). The largest absolute Gasteiger partial charge is 0.338 e. The van der Waals surface area contributed by atoms with Gasteiger partial charge in [-0.2, -0.15) is 0 Å². The van der Waals surface area contributed by atoms with Crippen molar-refractivity contribution in [3.63, 3.8) is 0 Å². The molecular formula is C12H24N4O2. The number of nitrogens with zero attached hydrogens (tertiary/aromatic N) is 1. The molecule has 0 aliphatic carbocycles. The topological polar surface area (TPSA) is 73.5 Å². The van der Waals surface area contributed by atoms with Crippen molar-refractivity contribution in [2.45, 2.75) is 32.2 Å². The molecule has 0 radical (unpaired) electrons. The van der Waals surface area contributed by atoms with E-state index in [2.05, 4.69) is 22.9 Å². The summed E-state index contributed by atoms with van der Waals surface area (Å²) >= 11 is 0. The van der Waals surface area contributed by atoms with Crippen LogP contribution in [0.1, 0.15) is 26.2 Å². The Kier molecular flexibility index (Phi) is 6.67. The summed E-state index contributed by atoms with van der Waals surface area (Å²) in [6, 6.07) is -0.00898. The Morgan fingerprint density at radius 3 is 2.83 bits per heavy atom. The van der Waals surface area contributed by atoms with Gasteiger partial charge in [-0.25, -0.2) is 4.79 Å². The van der Waals surface area contributed by atoms with Crippen molar-refractivity contribution < 1.29 is 9.59 Å². The number of likely N-dealkylation sites (N-methyl/N-ethyl adjacent to an activating group) is 1. The maximum absolute atomic E-state index is 11.6. The molecule has 0 saturated carbocycles. The first kappa shape index (κ1) is 14.9. The summed E-state index contributed by atoms with van der Waals surface area (Å²) in [7, 11) is 1.91. The highest BCUT2D eigenvalue weighted by Crippen LogP contribution is 2.04. The second-order valence-corrected chi connectivity index (χ2v) is 4.72. The van der Waals surface area contributed by atoms with Gasteiger partial charge in [-0.15, -0.1) is 0 Å². The third-order valence-corrected chi connectivity index (χ3v) is 3.12. The molecule has 1 saturated heterocycles. The summed E-state index contributed by atoms with van der Waals surface area (Å²) in [5, 5.41) is 8.25. The van der Waals surface area contributed by atoms with E-state index in [0.29, 0.717) is 12.6 Å². The molecule has 1 heterocycles. The van der Waals surface area contributed by atoms with Crippen LogP contribution in [-0.2, 0) is 4.79 Å². The van der Waals surface area contributed by atoms with Gasteiger partial charge >= 0.3 is 6.03 Å². The molecule has 0 spiro atoms. The third kappa shape index (κ3) is 5.46. The molecule has 0 aromatic rings. The van der Waals surface area contributed by atoms with Crippen molar-refractivity contribution >= 4 is 11.9 Å². The van der Waals surface area contributed by atoms with E-state index >= 15 is 0 Å². The van der Waals surface area contributed by atoms with Gasteiger partial charge in [0.1, 0.15) is 0 Å². The molecule has 1 rings (SSSR count). The molecule has 1 fully saturated rings. The van der Waals surface area contributed by atoms with E-state index in [1.54, 1.807) is 0 Å². The maximum atomic E-state index is 11.6. The summed E-state index contributed by atoms with van der Waals surface area (Å²) in [5.74, 6) is -0.251. The fraction of sp³-hybridized carbons (Fsp3) is 0.833. The van der Waals surface area contributed by atoms with Gasteiger partial charge in [0.05, 0.1) is 6.54 Å². The van der Waals surface area contributed by atoms with Gasteiger partial charge in [0.15, 0.2) is 0 Å². The Bertz CT molecular complexity index is 277. The lowest BCUT2D eigenvalue weighted by atomic mass is 10.2. The number of hydrogen-bond donors (Lipinski definition) is 3. The zero-order chi connectivity index (χ0) is 13.4. The number of unbranched alkanes of at least 4 members (excludes halogenated alkanes) is 1. The lowest BCUT2D eigenvalue weighted by Gasteiger charge is -2.22.